The van der Waals surface area contributed by atoms with Crippen molar-refractivity contribution >= 4 is 11.8 Å². The Labute approximate surface area is 69.1 Å². The number of nitrogen functional groups attached to an aromatic ring is 1. The molecule has 0 spiro atoms. The number of carbonyl (C=O) groups is 1. The van der Waals surface area contributed by atoms with Gasteiger partial charge in [0.1, 0.15) is 5.56 Å². The van der Waals surface area contributed by atoms with Crippen molar-refractivity contribution in [2.24, 2.45) is 0 Å². The van der Waals surface area contributed by atoms with Crippen molar-refractivity contribution in [3.8, 4) is 0 Å². The van der Waals surface area contributed by atoms with Gasteiger partial charge in [-0.15, -0.1) is 6.58 Å². The lowest BCUT2D eigenvalue weighted by Gasteiger charge is -1.90. The highest BCUT2D eigenvalue weighted by Crippen LogP contribution is 2.07. The number of nitrogens with two attached hydrogens (primary N) is 1. The van der Waals surface area contributed by atoms with Crippen LogP contribution in [0.2, 0.25) is 0 Å². The molecule has 0 atom stereocenters. The number of nitrogens with zero attached hydrogens (tertiary/aromatic N) is 2. The van der Waals surface area contributed by atoms with Gasteiger partial charge in [0.25, 0.3) is 0 Å². The molecule has 0 aliphatic rings. The SMILES string of the molecule is C=CCn1cc(C(=O)O)c(N)n1. The first-order valence-electron chi connectivity index (χ1n) is 3.32. The third kappa shape index (κ3) is 1.45. The van der Waals surface area contributed by atoms with Gasteiger partial charge in [0.2, 0.25) is 0 Å². The minimum absolute atomic E-state index is 0.0249. The van der Waals surface area contributed by atoms with E-state index in [1.165, 1.54) is 10.9 Å². The zero-order chi connectivity index (χ0) is 9.14. The molecular formula is C7H9N3O2. The van der Waals surface area contributed by atoms with Crippen LogP contribution in [0.25, 0.3) is 0 Å². The van der Waals surface area contributed by atoms with E-state index in [9.17, 15) is 4.79 Å². The van der Waals surface area contributed by atoms with E-state index in [1.807, 2.05) is 0 Å². The van der Waals surface area contributed by atoms with Crippen LogP contribution in [0.15, 0.2) is 18.9 Å². The monoisotopic (exact) mass is 167 g/mol. The molecule has 1 aromatic heterocycles. The lowest BCUT2D eigenvalue weighted by molar-refractivity contribution is 0.0698. The van der Waals surface area contributed by atoms with Gasteiger partial charge in [-0.05, 0) is 0 Å². The largest absolute Gasteiger partial charge is 0.477 e. The Hall–Kier alpha value is -1.78. The molecule has 1 heterocycles. The number of carboxylic acids is 1. The first-order chi connectivity index (χ1) is 5.65. The van der Waals surface area contributed by atoms with Gasteiger partial charge in [-0.25, -0.2) is 4.79 Å². The summed E-state index contributed by atoms with van der Waals surface area (Å²) in [5.41, 5.74) is 5.35. The summed E-state index contributed by atoms with van der Waals surface area (Å²) in [5.74, 6) is -1.04. The Balaban J connectivity index is 2.99. The predicted molar refractivity (Wildman–Crippen MR) is 43.8 cm³/mol. The quantitative estimate of drug-likeness (QED) is 0.636. The zero-order valence-electron chi connectivity index (χ0n) is 6.40. The molecule has 0 fully saturated rings. The summed E-state index contributed by atoms with van der Waals surface area (Å²) in [7, 11) is 0. The van der Waals surface area contributed by atoms with Gasteiger partial charge in [-0.2, -0.15) is 5.10 Å². The minimum Gasteiger partial charge on any atom is -0.477 e. The third-order valence-electron chi connectivity index (χ3n) is 1.34. The normalized spacial score (nSPS) is 9.67. The fraction of sp³-hybridized carbons (Fsp3) is 0.143. The van der Waals surface area contributed by atoms with Gasteiger partial charge in [-0.3, -0.25) is 4.68 Å². The Kier molecular flexibility index (Phi) is 2.14. The molecule has 0 aliphatic carbocycles. The van der Waals surface area contributed by atoms with Crippen LogP contribution in [0.4, 0.5) is 5.82 Å². The zero-order valence-corrected chi connectivity index (χ0v) is 6.40. The van der Waals surface area contributed by atoms with E-state index in [1.54, 1.807) is 6.08 Å². The van der Waals surface area contributed by atoms with E-state index < -0.39 is 5.97 Å². The molecule has 0 aliphatic heterocycles. The molecule has 0 saturated carbocycles. The molecule has 5 nitrogen and oxygen atoms in total. The average molecular weight is 167 g/mol. The van der Waals surface area contributed by atoms with Crippen LogP contribution in [0.1, 0.15) is 10.4 Å². The molecule has 0 unspecified atom stereocenters. The number of hydrogen-bond acceptors (Lipinski definition) is 3. The highest BCUT2D eigenvalue weighted by Gasteiger charge is 2.11. The Morgan fingerprint density at radius 3 is 3.00 bits per heavy atom. The summed E-state index contributed by atoms with van der Waals surface area (Å²) in [6.07, 6.45) is 2.98. The molecule has 0 aromatic carbocycles. The van der Waals surface area contributed by atoms with E-state index in [0.29, 0.717) is 6.54 Å². The van der Waals surface area contributed by atoms with E-state index >= 15 is 0 Å². The molecule has 0 radical (unpaired) electrons. The molecule has 0 bridgehead atoms. The van der Waals surface area contributed by atoms with E-state index in [4.69, 9.17) is 10.8 Å². The number of aromatic carboxylic acids is 1. The van der Waals surface area contributed by atoms with E-state index in [2.05, 4.69) is 11.7 Å². The highest BCUT2D eigenvalue weighted by molar-refractivity contribution is 5.92. The maximum atomic E-state index is 10.5. The van der Waals surface area contributed by atoms with Crippen molar-refractivity contribution in [3.05, 3.63) is 24.4 Å². The number of hydrogen-bond donors (Lipinski definition) is 2. The van der Waals surface area contributed by atoms with Crippen molar-refractivity contribution < 1.29 is 9.90 Å². The van der Waals surface area contributed by atoms with Crippen LogP contribution >= 0.6 is 0 Å². The molecule has 0 amide bonds. The van der Waals surface area contributed by atoms with Gasteiger partial charge < -0.3 is 10.8 Å². The predicted octanol–water partition coefficient (Wildman–Crippen LogP) is 0.349. The van der Waals surface area contributed by atoms with Crippen LogP contribution in [0.3, 0.4) is 0 Å². The number of anilines is 1. The Morgan fingerprint density at radius 1 is 1.92 bits per heavy atom. The fourth-order valence-electron chi connectivity index (χ4n) is 0.827. The third-order valence-corrected chi connectivity index (χ3v) is 1.34. The lowest BCUT2D eigenvalue weighted by Crippen LogP contribution is -1.98. The van der Waals surface area contributed by atoms with Crippen molar-refractivity contribution in [3.63, 3.8) is 0 Å². The maximum absolute atomic E-state index is 10.5. The van der Waals surface area contributed by atoms with Crippen LogP contribution in [-0.2, 0) is 6.54 Å². The number of rotatable bonds is 3. The molecule has 64 valence electrons. The molecular weight excluding hydrogens is 158 g/mol. The second-order valence-corrected chi connectivity index (χ2v) is 2.24. The summed E-state index contributed by atoms with van der Waals surface area (Å²) in [4.78, 5) is 10.5. The fourth-order valence-corrected chi connectivity index (χ4v) is 0.827. The number of aromatic nitrogens is 2. The Morgan fingerprint density at radius 2 is 2.58 bits per heavy atom. The second-order valence-electron chi connectivity index (χ2n) is 2.24. The lowest BCUT2D eigenvalue weighted by atomic mass is 10.3. The first-order valence-corrected chi connectivity index (χ1v) is 3.32. The van der Waals surface area contributed by atoms with Crippen molar-refractivity contribution in [2.45, 2.75) is 6.54 Å². The molecule has 3 N–H and O–H groups in total. The molecule has 12 heavy (non-hydrogen) atoms. The second kappa shape index (κ2) is 3.08. The van der Waals surface area contributed by atoms with Crippen LogP contribution in [0, 0.1) is 0 Å². The van der Waals surface area contributed by atoms with Crippen LogP contribution in [-0.4, -0.2) is 20.9 Å². The summed E-state index contributed by atoms with van der Waals surface area (Å²) in [6, 6.07) is 0. The van der Waals surface area contributed by atoms with Gasteiger partial charge in [0.05, 0.1) is 6.54 Å². The summed E-state index contributed by atoms with van der Waals surface area (Å²) >= 11 is 0. The van der Waals surface area contributed by atoms with Gasteiger partial charge in [-0.1, -0.05) is 6.08 Å². The van der Waals surface area contributed by atoms with Crippen LogP contribution in [0.5, 0.6) is 0 Å². The summed E-state index contributed by atoms with van der Waals surface area (Å²) in [6.45, 7) is 3.95. The highest BCUT2D eigenvalue weighted by atomic mass is 16.4. The smallest absolute Gasteiger partial charge is 0.341 e. The Bertz CT molecular complexity index is 316. The summed E-state index contributed by atoms with van der Waals surface area (Å²) in [5, 5.41) is 12.4. The molecule has 0 saturated heterocycles. The number of allylic oxidation sites excluding steroid dienone is 1. The molecule has 1 aromatic rings. The average Bonchev–Trinajstić information content (AvgIpc) is 2.32. The van der Waals surface area contributed by atoms with Crippen molar-refractivity contribution in [1.29, 1.82) is 0 Å². The maximum Gasteiger partial charge on any atom is 0.341 e. The molecule has 5 heteroatoms. The van der Waals surface area contributed by atoms with E-state index in [-0.39, 0.29) is 11.4 Å². The number of carboxylic acid groups (broad SMARTS) is 1. The topological polar surface area (TPSA) is 81.1 Å². The van der Waals surface area contributed by atoms with Gasteiger partial charge in [0, 0.05) is 6.20 Å². The standard InChI is InChI=1S/C7H9N3O2/c1-2-3-10-4-5(7(11)12)6(8)9-10/h2,4H,1,3H2,(H2,8,9)(H,11,12). The van der Waals surface area contributed by atoms with Crippen molar-refractivity contribution in [2.75, 3.05) is 5.73 Å². The minimum atomic E-state index is -1.07. The first kappa shape index (κ1) is 8.32. The van der Waals surface area contributed by atoms with Crippen molar-refractivity contribution in [1.82, 2.24) is 9.78 Å². The molecule has 1 rings (SSSR count). The summed E-state index contributed by atoms with van der Waals surface area (Å²) < 4.78 is 1.42. The van der Waals surface area contributed by atoms with E-state index in [0.717, 1.165) is 0 Å². The van der Waals surface area contributed by atoms with Gasteiger partial charge in [0.15, 0.2) is 5.82 Å². The van der Waals surface area contributed by atoms with Gasteiger partial charge >= 0.3 is 5.97 Å². The van der Waals surface area contributed by atoms with Crippen LogP contribution < -0.4 is 5.73 Å².